The molecule has 0 radical (unpaired) electrons. The van der Waals surface area contributed by atoms with Crippen LogP contribution in [-0.4, -0.2) is 54.1 Å². The van der Waals surface area contributed by atoms with E-state index in [9.17, 15) is 5.11 Å². The van der Waals surface area contributed by atoms with Crippen molar-refractivity contribution in [2.75, 3.05) is 32.8 Å². The van der Waals surface area contributed by atoms with E-state index >= 15 is 0 Å². The number of piperidine rings is 1. The van der Waals surface area contributed by atoms with Crippen molar-refractivity contribution in [3.63, 3.8) is 0 Å². The van der Waals surface area contributed by atoms with Crippen molar-refractivity contribution in [3.05, 3.63) is 29.6 Å². The van der Waals surface area contributed by atoms with Gasteiger partial charge in [0.25, 0.3) is 0 Å². The first-order valence-electron chi connectivity index (χ1n) is 7.27. The minimum absolute atomic E-state index is 0.0984. The minimum atomic E-state index is -0.790. The lowest BCUT2D eigenvalue weighted by Gasteiger charge is -2.38. The van der Waals surface area contributed by atoms with Gasteiger partial charge in [-0.05, 0) is 31.4 Å². The number of ether oxygens (including phenoxy) is 2. The summed E-state index contributed by atoms with van der Waals surface area (Å²) < 4.78 is 10.9. The van der Waals surface area contributed by atoms with Crippen molar-refractivity contribution in [1.82, 2.24) is 9.88 Å². The fourth-order valence-corrected chi connectivity index (χ4v) is 2.83. The van der Waals surface area contributed by atoms with Crippen molar-refractivity contribution in [2.24, 2.45) is 0 Å². The highest BCUT2D eigenvalue weighted by atomic mass is 16.7. The quantitative estimate of drug-likeness (QED) is 0.895. The third-order valence-corrected chi connectivity index (χ3v) is 4.17. The first kappa shape index (κ1) is 13.9. The van der Waals surface area contributed by atoms with Crippen molar-refractivity contribution in [1.29, 1.82) is 0 Å². The fraction of sp³-hybridized carbons (Fsp3) is 0.667. The molecule has 0 bridgehead atoms. The van der Waals surface area contributed by atoms with Crippen LogP contribution in [-0.2, 0) is 15.1 Å². The average molecular weight is 278 g/mol. The van der Waals surface area contributed by atoms with Gasteiger partial charge in [0.05, 0.1) is 18.9 Å². The van der Waals surface area contributed by atoms with E-state index < -0.39 is 5.60 Å². The number of aryl methyl sites for hydroxylation is 1. The van der Waals surface area contributed by atoms with Gasteiger partial charge < -0.3 is 14.6 Å². The summed E-state index contributed by atoms with van der Waals surface area (Å²) in [5.41, 5.74) is 1.11. The molecule has 1 N–H and O–H groups in total. The second-order valence-corrected chi connectivity index (χ2v) is 5.72. The molecule has 2 aliphatic rings. The van der Waals surface area contributed by atoms with Crippen LogP contribution in [0.25, 0.3) is 0 Å². The van der Waals surface area contributed by atoms with Gasteiger partial charge in [-0.3, -0.25) is 9.88 Å². The number of pyridine rings is 1. The molecule has 0 spiro atoms. The zero-order valence-corrected chi connectivity index (χ0v) is 11.9. The summed E-state index contributed by atoms with van der Waals surface area (Å²) in [6, 6.07) is 3.95. The second kappa shape index (κ2) is 5.77. The Morgan fingerprint density at radius 3 is 2.60 bits per heavy atom. The Kier molecular flexibility index (Phi) is 4.03. The zero-order valence-electron chi connectivity index (χ0n) is 11.9. The first-order valence-corrected chi connectivity index (χ1v) is 7.27. The minimum Gasteiger partial charge on any atom is -0.383 e. The molecule has 0 atom stereocenters. The molecular formula is C15H22N2O3. The van der Waals surface area contributed by atoms with E-state index in [2.05, 4.69) is 9.88 Å². The number of nitrogens with zero attached hydrogens (tertiary/aromatic N) is 2. The van der Waals surface area contributed by atoms with Crippen LogP contribution in [0.15, 0.2) is 18.3 Å². The number of likely N-dealkylation sites (tertiary alicyclic amines) is 1. The number of aliphatic hydroxyl groups is 1. The van der Waals surface area contributed by atoms with Crippen LogP contribution < -0.4 is 0 Å². The lowest BCUT2D eigenvalue weighted by molar-refractivity contribution is -0.0846. The van der Waals surface area contributed by atoms with E-state index in [0.717, 1.165) is 30.9 Å². The summed E-state index contributed by atoms with van der Waals surface area (Å²) >= 11 is 0. The van der Waals surface area contributed by atoms with Crippen LogP contribution in [0.1, 0.15) is 24.1 Å². The van der Waals surface area contributed by atoms with Crippen LogP contribution in [0.2, 0.25) is 0 Å². The molecule has 3 rings (SSSR count). The van der Waals surface area contributed by atoms with E-state index in [-0.39, 0.29) is 6.29 Å². The molecule has 0 unspecified atom stereocenters. The SMILES string of the molecule is Cc1ccc(C2(O)CCN(CC3OCCO3)CC2)nc1. The van der Waals surface area contributed by atoms with E-state index in [4.69, 9.17) is 9.47 Å². The molecule has 0 saturated carbocycles. The zero-order chi connectivity index (χ0) is 14.0. The highest BCUT2D eigenvalue weighted by Crippen LogP contribution is 2.31. The molecule has 2 fully saturated rings. The van der Waals surface area contributed by atoms with Gasteiger partial charge in [0, 0.05) is 25.8 Å². The maximum Gasteiger partial charge on any atom is 0.170 e. The lowest BCUT2D eigenvalue weighted by atomic mass is 9.87. The Morgan fingerprint density at radius 2 is 2.00 bits per heavy atom. The van der Waals surface area contributed by atoms with Crippen LogP contribution in [0.5, 0.6) is 0 Å². The molecule has 5 nitrogen and oxygen atoms in total. The van der Waals surface area contributed by atoms with Crippen LogP contribution in [0, 0.1) is 6.92 Å². The number of rotatable bonds is 3. The van der Waals surface area contributed by atoms with Crippen LogP contribution in [0.3, 0.4) is 0 Å². The van der Waals surface area contributed by atoms with E-state index in [0.29, 0.717) is 26.1 Å². The van der Waals surface area contributed by atoms with E-state index in [1.54, 1.807) is 0 Å². The summed E-state index contributed by atoms with van der Waals surface area (Å²) in [6.45, 7) is 5.86. The second-order valence-electron chi connectivity index (χ2n) is 5.72. The average Bonchev–Trinajstić information content (AvgIpc) is 2.95. The molecule has 0 amide bonds. The first-order chi connectivity index (χ1) is 9.66. The Balaban J connectivity index is 1.57. The summed E-state index contributed by atoms with van der Waals surface area (Å²) in [7, 11) is 0. The Labute approximate surface area is 119 Å². The summed E-state index contributed by atoms with van der Waals surface area (Å²) in [5, 5.41) is 10.8. The maximum absolute atomic E-state index is 10.8. The molecular weight excluding hydrogens is 256 g/mol. The number of aromatic nitrogens is 1. The maximum atomic E-state index is 10.8. The van der Waals surface area contributed by atoms with Gasteiger partial charge in [0.15, 0.2) is 6.29 Å². The molecule has 2 aliphatic heterocycles. The van der Waals surface area contributed by atoms with Crippen molar-refractivity contribution in [2.45, 2.75) is 31.7 Å². The molecule has 0 aromatic carbocycles. The predicted molar refractivity (Wildman–Crippen MR) is 74.2 cm³/mol. The summed E-state index contributed by atoms with van der Waals surface area (Å²) in [4.78, 5) is 6.67. The van der Waals surface area contributed by atoms with Gasteiger partial charge in [-0.15, -0.1) is 0 Å². The van der Waals surface area contributed by atoms with Gasteiger partial charge in [0.2, 0.25) is 0 Å². The molecule has 3 heterocycles. The van der Waals surface area contributed by atoms with Gasteiger partial charge in [-0.25, -0.2) is 0 Å². The monoisotopic (exact) mass is 278 g/mol. The molecule has 2 saturated heterocycles. The third-order valence-electron chi connectivity index (χ3n) is 4.17. The van der Waals surface area contributed by atoms with Gasteiger partial charge in [-0.2, -0.15) is 0 Å². The van der Waals surface area contributed by atoms with Crippen molar-refractivity contribution in [3.8, 4) is 0 Å². The van der Waals surface area contributed by atoms with Gasteiger partial charge in [0.1, 0.15) is 5.60 Å². The van der Waals surface area contributed by atoms with Crippen LogP contribution >= 0.6 is 0 Å². The molecule has 5 heteroatoms. The molecule has 20 heavy (non-hydrogen) atoms. The standard InChI is InChI=1S/C15H22N2O3/c1-12-2-3-13(16-10-12)15(18)4-6-17(7-5-15)11-14-19-8-9-20-14/h2-3,10,14,18H,4-9,11H2,1H3. The smallest absolute Gasteiger partial charge is 0.170 e. The Morgan fingerprint density at radius 1 is 1.30 bits per heavy atom. The highest BCUT2D eigenvalue weighted by Gasteiger charge is 2.36. The number of hydrogen-bond acceptors (Lipinski definition) is 5. The third kappa shape index (κ3) is 3.01. The Bertz CT molecular complexity index is 435. The fourth-order valence-electron chi connectivity index (χ4n) is 2.83. The highest BCUT2D eigenvalue weighted by molar-refractivity contribution is 5.18. The van der Waals surface area contributed by atoms with E-state index in [1.165, 1.54) is 0 Å². The molecule has 1 aromatic rings. The van der Waals surface area contributed by atoms with Crippen molar-refractivity contribution >= 4 is 0 Å². The van der Waals surface area contributed by atoms with Crippen molar-refractivity contribution < 1.29 is 14.6 Å². The summed E-state index contributed by atoms with van der Waals surface area (Å²) in [6.07, 6.45) is 3.13. The molecule has 110 valence electrons. The predicted octanol–water partition coefficient (Wildman–Crippen LogP) is 1.05. The largest absolute Gasteiger partial charge is 0.383 e. The van der Waals surface area contributed by atoms with Crippen LogP contribution in [0.4, 0.5) is 0 Å². The normalized spacial score (nSPS) is 24.1. The van der Waals surface area contributed by atoms with E-state index in [1.807, 2.05) is 25.3 Å². The van der Waals surface area contributed by atoms with Gasteiger partial charge in [-0.1, -0.05) is 6.07 Å². The lowest BCUT2D eigenvalue weighted by Crippen LogP contribution is -2.45. The Hall–Kier alpha value is -1.01. The molecule has 0 aliphatic carbocycles. The topological polar surface area (TPSA) is 54.8 Å². The summed E-state index contributed by atoms with van der Waals surface area (Å²) in [5.74, 6) is 0. The molecule has 1 aromatic heterocycles. The van der Waals surface area contributed by atoms with Gasteiger partial charge >= 0.3 is 0 Å². The number of hydrogen-bond donors (Lipinski definition) is 1.